The molecular formula is C17H34O7. The predicted molar refractivity (Wildman–Crippen MR) is 91.1 cm³/mol. The van der Waals surface area contributed by atoms with E-state index in [1.807, 2.05) is 0 Å². The van der Waals surface area contributed by atoms with Gasteiger partial charge in [-0.2, -0.15) is 0 Å². The average Bonchev–Trinajstić information content (AvgIpc) is 2.55. The summed E-state index contributed by atoms with van der Waals surface area (Å²) in [5.41, 5.74) is 0. The maximum atomic E-state index is 11.4. The average molecular weight is 350 g/mol. The summed E-state index contributed by atoms with van der Waals surface area (Å²) in [6.07, 6.45) is 1.45. The van der Waals surface area contributed by atoms with Crippen molar-refractivity contribution in [1.82, 2.24) is 0 Å². The van der Waals surface area contributed by atoms with Crippen LogP contribution in [-0.4, -0.2) is 72.2 Å². The van der Waals surface area contributed by atoms with E-state index in [0.29, 0.717) is 32.8 Å². The van der Waals surface area contributed by atoms with Crippen LogP contribution in [-0.2, 0) is 33.3 Å². The lowest BCUT2D eigenvalue weighted by Crippen LogP contribution is -2.26. The highest BCUT2D eigenvalue weighted by Crippen LogP contribution is 2.07. The standard InChI is InChI=1S/C11H20O5.C6H14O2/c1-4-16-11(13)10(9(2)12)5-6-15-8-7-14-3;1-3-4-8-6-5-7-2/h10H,4-8H2,1-3H3;3-6H2,1-2H3. The number of rotatable bonds is 14. The fourth-order valence-electron chi connectivity index (χ4n) is 1.56. The fraction of sp³-hybridized carbons (Fsp3) is 0.882. The molecule has 0 rings (SSSR count). The van der Waals surface area contributed by atoms with Crippen molar-refractivity contribution >= 4 is 11.8 Å². The highest BCUT2D eigenvalue weighted by atomic mass is 16.5. The lowest BCUT2D eigenvalue weighted by Gasteiger charge is -2.12. The number of ether oxygens (including phenoxy) is 5. The molecule has 1 atom stereocenters. The van der Waals surface area contributed by atoms with Gasteiger partial charge in [0.15, 0.2) is 0 Å². The van der Waals surface area contributed by atoms with Crippen molar-refractivity contribution in [2.75, 3.05) is 60.5 Å². The summed E-state index contributed by atoms with van der Waals surface area (Å²) in [6.45, 7) is 9.08. The summed E-state index contributed by atoms with van der Waals surface area (Å²) in [7, 11) is 3.26. The molecule has 0 radical (unpaired) electrons. The van der Waals surface area contributed by atoms with Crippen LogP contribution in [0, 0.1) is 5.92 Å². The number of ketones is 1. The first-order chi connectivity index (χ1) is 11.5. The van der Waals surface area contributed by atoms with E-state index in [2.05, 4.69) is 6.92 Å². The Bertz CT molecular complexity index is 289. The first kappa shape index (κ1) is 25.2. The van der Waals surface area contributed by atoms with Gasteiger partial charge in [0.25, 0.3) is 0 Å². The Morgan fingerprint density at radius 1 is 0.833 bits per heavy atom. The zero-order chi connectivity index (χ0) is 18.6. The minimum Gasteiger partial charge on any atom is -0.465 e. The maximum absolute atomic E-state index is 11.4. The van der Waals surface area contributed by atoms with Gasteiger partial charge in [-0.1, -0.05) is 6.92 Å². The van der Waals surface area contributed by atoms with Crippen LogP contribution >= 0.6 is 0 Å². The first-order valence-corrected chi connectivity index (χ1v) is 8.35. The third-order valence-electron chi connectivity index (χ3n) is 2.82. The van der Waals surface area contributed by atoms with Crippen LogP contribution < -0.4 is 0 Å². The highest BCUT2D eigenvalue weighted by molar-refractivity contribution is 5.97. The molecule has 0 aromatic rings. The van der Waals surface area contributed by atoms with Crippen LogP contribution in [0.3, 0.4) is 0 Å². The highest BCUT2D eigenvalue weighted by Gasteiger charge is 2.24. The normalized spacial score (nSPS) is 11.4. The zero-order valence-electron chi connectivity index (χ0n) is 15.8. The largest absolute Gasteiger partial charge is 0.465 e. The summed E-state index contributed by atoms with van der Waals surface area (Å²) >= 11 is 0. The molecule has 0 saturated carbocycles. The predicted octanol–water partition coefficient (Wildman–Crippen LogP) is 1.87. The molecule has 0 saturated heterocycles. The van der Waals surface area contributed by atoms with Gasteiger partial charge in [0.05, 0.1) is 33.0 Å². The fourth-order valence-corrected chi connectivity index (χ4v) is 1.56. The van der Waals surface area contributed by atoms with Crippen molar-refractivity contribution in [3.8, 4) is 0 Å². The molecule has 7 nitrogen and oxygen atoms in total. The smallest absolute Gasteiger partial charge is 0.316 e. The van der Waals surface area contributed by atoms with Gasteiger partial charge >= 0.3 is 5.97 Å². The summed E-state index contributed by atoms with van der Waals surface area (Å²) in [4.78, 5) is 22.6. The zero-order valence-corrected chi connectivity index (χ0v) is 15.8. The third kappa shape index (κ3) is 17.3. The van der Waals surface area contributed by atoms with Crippen molar-refractivity contribution < 1.29 is 33.3 Å². The van der Waals surface area contributed by atoms with Crippen LogP contribution in [0.15, 0.2) is 0 Å². The molecule has 0 amide bonds. The van der Waals surface area contributed by atoms with Gasteiger partial charge in [-0.3, -0.25) is 9.59 Å². The van der Waals surface area contributed by atoms with E-state index < -0.39 is 11.9 Å². The van der Waals surface area contributed by atoms with E-state index in [9.17, 15) is 9.59 Å². The third-order valence-corrected chi connectivity index (χ3v) is 2.82. The summed E-state index contributed by atoms with van der Waals surface area (Å²) in [5, 5.41) is 0. The number of carbonyl (C=O) groups is 2. The van der Waals surface area contributed by atoms with Crippen LogP contribution in [0.25, 0.3) is 0 Å². The SMILES string of the molecule is CCCOCCOC.CCOC(=O)C(CCOCCOC)C(C)=O. The van der Waals surface area contributed by atoms with Crippen molar-refractivity contribution in [2.24, 2.45) is 5.92 Å². The van der Waals surface area contributed by atoms with Crippen LogP contribution in [0.4, 0.5) is 0 Å². The topological polar surface area (TPSA) is 80.3 Å². The lowest BCUT2D eigenvalue weighted by atomic mass is 10.0. The first-order valence-electron chi connectivity index (χ1n) is 8.35. The summed E-state index contributed by atoms with van der Waals surface area (Å²) in [5.74, 6) is -1.36. The molecule has 0 aromatic heterocycles. The van der Waals surface area contributed by atoms with Crippen molar-refractivity contribution in [3.05, 3.63) is 0 Å². The van der Waals surface area contributed by atoms with Crippen molar-refractivity contribution in [3.63, 3.8) is 0 Å². The number of esters is 1. The van der Waals surface area contributed by atoms with E-state index in [0.717, 1.165) is 19.6 Å². The summed E-state index contributed by atoms with van der Waals surface area (Å²) < 4.78 is 24.7. The van der Waals surface area contributed by atoms with Gasteiger partial charge in [-0.15, -0.1) is 0 Å². The van der Waals surface area contributed by atoms with Crippen LogP contribution in [0.1, 0.15) is 33.6 Å². The second-order valence-corrected chi connectivity index (χ2v) is 4.91. The molecule has 7 heteroatoms. The van der Waals surface area contributed by atoms with Gasteiger partial charge in [0.1, 0.15) is 11.7 Å². The molecule has 0 aromatic carbocycles. The van der Waals surface area contributed by atoms with E-state index in [-0.39, 0.29) is 12.4 Å². The molecule has 0 aliphatic rings. The Morgan fingerprint density at radius 3 is 1.79 bits per heavy atom. The van der Waals surface area contributed by atoms with Gasteiger partial charge in [-0.25, -0.2) is 0 Å². The molecule has 0 fully saturated rings. The lowest BCUT2D eigenvalue weighted by molar-refractivity contribution is -0.151. The molecule has 144 valence electrons. The van der Waals surface area contributed by atoms with E-state index >= 15 is 0 Å². The van der Waals surface area contributed by atoms with E-state index in [4.69, 9.17) is 23.7 Å². The number of hydrogen-bond donors (Lipinski definition) is 0. The minimum absolute atomic E-state index is 0.186. The molecule has 0 aliphatic heterocycles. The Balaban J connectivity index is 0. The molecule has 1 unspecified atom stereocenters. The van der Waals surface area contributed by atoms with E-state index in [1.165, 1.54) is 6.92 Å². The molecule has 24 heavy (non-hydrogen) atoms. The Kier molecular flexibility index (Phi) is 21.0. The molecule has 0 bridgehead atoms. The molecule has 0 aliphatic carbocycles. The van der Waals surface area contributed by atoms with Crippen molar-refractivity contribution in [1.29, 1.82) is 0 Å². The molecule has 0 N–H and O–H groups in total. The number of Topliss-reactive ketones (excluding diaryl/α,β-unsaturated/α-hetero) is 1. The number of methoxy groups -OCH3 is 2. The maximum Gasteiger partial charge on any atom is 0.316 e. The number of carbonyl (C=O) groups excluding carboxylic acids is 2. The summed E-state index contributed by atoms with van der Waals surface area (Å²) in [6, 6.07) is 0. The van der Waals surface area contributed by atoms with E-state index in [1.54, 1.807) is 21.1 Å². The van der Waals surface area contributed by atoms with Crippen LogP contribution in [0.5, 0.6) is 0 Å². The molecule has 0 spiro atoms. The Labute approximate surface area is 145 Å². The molecule has 0 heterocycles. The van der Waals surface area contributed by atoms with Crippen molar-refractivity contribution in [2.45, 2.75) is 33.6 Å². The quantitative estimate of drug-likeness (QED) is 0.269. The second kappa shape index (κ2) is 20.0. The minimum atomic E-state index is -0.706. The molecular weight excluding hydrogens is 316 g/mol. The van der Waals surface area contributed by atoms with Gasteiger partial charge in [0, 0.05) is 27.4 Å². The monoisotopic (exact) mass is 350 g/mol. The second-order valence-electron chi connectivity index (χ2n) is 4.91. The number of hydrogen-bond acceptors (Lipinski definition) is 7. The van der Waals surface area contributed by atoms with Gasteiger partial charge < -0.3 is 23.7 Å². The van der Waals surface area contributed by atoms with Gasteiger partial charge in [0.2, 0.25) is 0 Å². The Morgan fingerprint density at radius 2 is 1.38 bits per heavy atom. The van der Waals surface area contributed by atoms with Crippen LogP contribution in [0.2, 0.25) is 0 Å². The Hall–Kier alpha value is -1.02. The van der Waals surface area contributed by atoms with Gasteiger partial charge in [-0.05, 0) is 26.7 Å².